The van der Waals surface area contributed by atoms with Crippen LogP contribution in [0.25, 0.3) is 49.7 Å². The molecule has 0 saturated carbocycles. The Kier molecular flexibility index (Phi) is 6.69. The van der Waals surface area contributed by atoms with Gasteiger partial charge in [0, 0.05) is 27.8 Å². The summed E-state index contributed by atoms with van der Waals surface area (Å²) in [5, 5.41) is 2.58. The van der Waals surface area contributed by atoms with Gasteiger partial charge < -0.3 is 4.57 Å². The average molecular weight is 616 g/mol. The molecule has 0 radical (unpaired) electrons. The summed E-state index contributed by atoms with van der Waals surface area (Å²) in [5.41, 5.74) is 15.8. The average Bonchev–Trinajstić information content (AvgIpc) is 3.59. The number of para-hydroxylation sites is 2. The number of nitrogens with zero attached hydrogens (tertiary/aromatic N) is 1. The van der Waals surface area contributed by atoms with Crippen LogP contribution in [0.1, 0.15) is 47.6 Å². The van der Waals surface area contributed by atoms with E-state index in [0.717, 1.165) is 6.42 Å². The topological polar surface area (TPSA) is 4.93 Å². The molecule has 1 heteroatoms. The van der Waals surface area contributed by atoms with Crippen molar-refractivity contribution in [1.82, 2.24) is 4.57 Å². The fourth-order valence-electron chi connectivity index (χ4n) is 8.13. The van der Waals surface area contributed by atoms with Crippen molar-refractivity contribution in [1.29, 1.82) is 0 Å². The van der Waals surface area contributed by atoms with Crippen molar-refractivity contribution >= 4 is 21.8 Å². The summed E-state index contributed by atoms with van der Waals surface area (Å²) in [6.45, 7) is 4.76. The summed E-state index contributed by atoms with van der Waals surface area (Å²) >= 11 is 0. The predicted octanol–water partition coefficient (Wildman–Crippen LogP) is 12.1. The van der Waals surface area contributed by atoms with Crippen LogP contribution in [0.15, 0.2) is 170 Å². The van der Waals surface area contributed by atoms with Gasteiger partial charge in [0.05, 0.1) is 11.0 Å². The highest BCUT2D eigenvalue weighted by Crippen LogP contribution is 2.49. The van der Waals surface area contributed by atoms with Crippen LogP contribution in [0, 0.1) is 0 Å². The van der Waals surface area contributed by atoms with E-state index in [0.29, 0.717) is 0 Å². The third kappa shape index (κ3) is 4.61. The zero-order chi connectivity index (χ0) is 32.2. The Hall–Kier alpha value is -5.66. The number of rotatable bonds is 6. The molecule has 1 unspecified atom stereocenters. The largest absolute Gasteiger partial charge is 0.309 e. The highest BCUT2D eigenvalue weighted by molar-refractivity contribution is 6.09. The van der Waals surface area contributed by atoms with Gasteiger partial charge in [-0.1, -0.05) is 153 Å². The van der Waals surface area contributed by atoms with E-state index >= 15 is 0 Å². The molecule has 0 spiro atoms. The summed E-state index contributed by atoms with van der Waals surface area (Å²) in [5.74, 6) is 0.195. The van der Waals surface area contributed by atoms with E-state index in [-0.39, 0.29) is 11.3 Å². The normalized spacial score (nSPS) is 13.8. The van der Waals surface area contributed by atoms with Gasteiger partial charge in [-0.2, -0.15) is 0 Å². The first-order chi connectivity index (χ1) is 23.6. The Balaban J connectivity index is 1.20. The smallest absolute Gasteiger partial charge is 0.0541 e. The number of hydrogen-bond donors (Lipinski definition) is 0. The zero-order valence-corrected chi connectivity index (χ0v) is 27.4. The molecule has 7 aromatic carbocycles. The Labute approximate surface area is 282 Å². The lowest BCUT2D eigenvalue weighted by molar-refractivity contribution is 0.657. The minimum atomic E-state index is -0.0448. The van der Waals surface area contributed by atoms with Crippen LogP contribution in [-0.4, -0.2) is 4.57 Å². The fourth-order valence-corrected chi connectivity index (χ4v) is 8.13. The molecule has 9 rings (SSSR count). The number of benzene rings is 7. The van der Waals surface area contributed by atoms with E-state index in [2.05, 4.69) is 188 Å². The van der Waals surface area contributed by atoms with Crippen LogP contribution >= 0.6 is 0 Å². The maximum absolute atomic E-state index is 2.51. The second kappa shape index (κ2) is 11.2. The Bertz CT molecular complexity index is 2430. The molecule has 1 heterocycles. The predicted molar refractivity (Wildman–Crippen MR) is 202 cm³/mol. The Morgan fingerprint density at radius 1 is 0.479 bits per heavy atom. The van der Waals surface area contributed by atoms with Crippen molar-refractivity contribution in [2.75, 3.05) is 0 Å². The van der Waals surface area contributed by atoms with Crippen LogP contribution in [0.2, 0.25) is 0 Å². The molecule has 48 heavy (non-hydrogen) atoms. The van der Waals surface area contributed by atoms with Gasteiger partial charge in [0.1, 0.15) is 0 Å². The maximum atomic E-state index is 2.51. The van der Waals surface area contributed by atoms with Crippen LogP contribution in [-0.2, 0) is 11.8 Å². The summed E-state index contributed by atoms with van der Waals surface area (Å²) in [7, 11) is 0. The van der Waals surface area contributed by atoms with Gasteiger partial charge in [-0.05, 0) is 86.8 Å². The molecule has 1 aromatic heterocycles. The molecule has 1 aliphatic rings. The molecule has 1 aliphatic carbocycles. The monoisotopic (exact) mass is 615 g/mol. The zero-order valence-electron chi connectivity index (χ0n) is 27.4. The van der Waals surface area contributed by atoms with Crippen molar-refractivity contribution in [3.63, 3.8) is 0 Å². The molecule has 0 amide bonds. The first-order valence-corrected chi connectivity index (χ1v) is 17.0. The molecule has 0 fully saturated rings. The van der Waals surface area contributed by atoms with Crippen LogP contribution in [0.3, 0.4) is 0 Å². The van der Waals surface area contributed by atoms with Gasteiger partial charge in [0.25, 0.3) is 0 Å². The molecule has 230 valence electrons. The third-order valence-corrected chi connectivity index (χ3v) is 10.6. The first-order valence-electron chi connectivity index (χ1n) is 17.0. The number of hydrogen-bond acceptors (Lipinski definition) is 0. The van der Waals surface area contributed by atoms with E-state index in [1.165, 1.54) is 77.6 Å². The minimum absolute atomic E-state index is 0.0448. The number of aromatic nitrogens is 1. The second-order valence-electron chi connectivity index (χ2n) is 13.8. The summed E-state index contributed by atoms with van der Waals surface area (Å²) in [6.07, 6.45) is 0.921. The molecule has 1 nitrogen and oxygen atoms in total. The van der Waals surface area contributed by atoms with Gasteiger partial charge in [-0.25, -0.2) is 0 Å². The molecular weight excluding hydrogens is 579 g/mol. The maximum Gasteiger partial charge on any atom is 0.0541 e. The van der Waals surface area contributed by atoms with E-state index in [1.807, 2.05) is 0 Å². The standard InChI is InChI=1S/C47H37N/c1-47(2)43-19-11-9-17-38(43)39-27-25-36(31-44(39)47)41(29-32-21-23-34(24-22-32)33-13-5-3-6-14-33)35-26-28-46-42(30-35)40-18-10-12-20-45(40)48(46)37-15-7-4-8-16-37/h3-28,30-31,41H,29H2,1-2H3. The summed E-state index contributed by atoms with van der Waals surface area (Å²) in [4.78, 5) is 0. The van der Waals surface area contributed by atoms with E-state index in [9.17, 15) is 0 Å². The van der Waals surface area contributed by atoms with Crippen molar-refractivity contribution < 1.29 is 0 Å². The summed E-state index contributed by atoms with van der Waals surface area (Å²) in [6, 6.07) is 62.8. The van der Waals surface area contributed by atoms with Crippen LogP contribution in [0.5, 0.6) is 0 Å². The van der Waals surface area contributed by atoms with Gasteiger partial charge >= 0.3 is 0 Å². The molecule has 8 aromatic rings. The van der Waals surface area contributed by atoms with Crippen LogP contribution < -0.4 is 0 Å². The lowest BCUT2D eigenvalue weighted by Crippen LogP contribution is -2.16. The SMILES string of the molecule is CC1(C)c2ccccc2-c2ccc(C(Cc3ccc(-c4ccccc4)cc3)c3ccc4c(c3)c3ccccc3n4-c3ccccc3)cc21. The quantitative estimate of drug-likeness (QED) is 0.175. The number of fused-ring (bicyclic) bond motifs is 6. The Morgan fingerprint density at radius 2 is 1.08 bits per heavy atom. The lowest BCUT2D eigenvalue weighted by Gasteiger charge is -2.24. The molecule has 0 saturated heterocycles. The molecule has 0 N–H and O–H groups in total. The van der Waals surface area contributed by atoms with Gasteiger partial charge in [-0.3, -0.25) is 0 Å². The molecular formula is C47H37N. The van der Waals surface area contributed by atoms with Crippen molar-refractivity contribution in [2.24, 2.45) is 0 Å². The molecule has 0 bridgehead atoms. The fraction of sp³-hybridized carbons (Fsp3) is 0.106. The first kappa shape index (κ1) is 28.6. The van der Waals surface area contributed by atoms with E-state index in [4.69, 9.17) is 0 Å². The third-order valence-electron chi connectivity index (χ3n) is 10.6. The van der Waals surface area contributed by atoms with E-state index in [1.54, 1.807) is 0 Å². The second-order valence-corrected chi connectivity index (χ2v) is 13.8. The minimum Gasteiger partial charge on any atom is -0.309 e. The van der Waals surface area contributed by atoms with Gasteiger partial charge in [0.2, 0.25) is 0 Å². The lowest BCUT2D eigenvalue weighted by atomic mass is 9.79. The van der Waals surface area contributed by atoms with E-state index < -0.39 is 0 Å². The molecule has 1 atom stereocenters. The highest BCUT2D eigenvalue weighted by Gasteiger charge is 2.35. The Morgan fingerprint density at radius 3 is 1.90 bits per heavy atom. The molecule has 0 aliphatic heterocycles. The van der Waals surface area contributed by atoms with Crippen molar-refractivity contribution in [3.05, 3.63) is 198 Å². The summed E-state index contributed by atoms with van der Waals surface area (Å²) < 4.78 is 2.40. The van der Waals surface area contributed by atoms with Crippen LogP contribution in [0.4, 0.5) is 0 Å². The van der Waals surface area contributed by atoms with Gasteiger partial charge in [0.15, 0.2) is 0 Å². The highest BCUT2D eigenvalue weighted by atomic mass is 15.0. The van der Waals surface area contributed by atoms with Crippen molar-refractivity contribution in [3.8, 4) is 27.9 Å². The van der Waals surface area contributed by atoms with Crippen molar-refractivity contribution in [2.45, 2.75) is 31.6 Å². The van der Waals surface area contributed by atoms with Gasteiger partial charge in [-0.15, -0.1) is 0 Å².